The summed E-state index contributed by atoms with van der Waals surface area (Å²) in [4.78, 5) is 26.4. The van der Waals surface area contributed by atoms with Crippen LogP contribution in [0.1, 0.15) is 240 Å². The van der Waals surface area contributed by atoms with Gasteiger partial charge in [-0.25, -0.2) is 0 Å². The number of anilines is 2. The summed E-state index contributed by atoms with van der Waals surface area (Å²) in [5.41, 5.74) is 0.172. The Labute approximate surface area is 331 Å². The van der Waals surface area contributed by atoms with Crippen molar-refractivity contribution in [2.45, 2.75) is 240 Å². The summed E-state index contributed by atoms with van der Waals surface area (Å²) in [5, 5.41) is 6.13. The van der Waals surface area contributed by atoms with Crippen LogP contribution in [0, 0.1) is 11.8 Å². The van der Waals surface area contributed by atoms with Gasteiger partial charge in [0.25, 0.3) is 10.9 Å². The van der Waals surface area contributed by atoms with Crippen molar-refractivity contribution in [3.63, 3.8) is 0 Å². The van der Waals surface area contributed by atoms with Crippen LogP contribution in [0.2, 0.25) is 0 Å². The number of hydrogen-bond donors (Lipinski definition) is 2. The highest BCUT2D eigenvalue weighted by atomic mass is 16.2. The van der Waals surface area contributed by atoms with Crippen LogP contribution >= 0.6 is 0 Å². The molecule has 0 amide bonds. The summed E-state index contributed by atoms with van der Waals surface area (Å²) in [6.07, 6.45) is 46.0. The number of nitrogens with zero attached hydrogens (tertiary/aromatic N) is 1. The van der Waals surface area contributed by atoms with Crippen molar-refractivity contribution in [2.24, 2.45) is 11.8 Å². The normalized spacial score (nSPS) is 12.4. The molecule has 53 heavy (non-hydrogen) atoms. The number of rotatable bonds is 42. The van der Waals surface area contributed by atoms with E-state index in [9.17, 15) is 9.59 Å². The van der Waals surface area contributed by atoms with Crippen LogP contribution in [0.15, 0.2) is 9.59 Å². The van der Waals surface area contributed by atoms with Gasteiger partial charge < -0.3 is 15.5 Å². The van der Waals surface area contributed by atoms with Crippen molar-refractivity contribution >= 4 is 11.4 Å². The molecule has 0 saturated heterocycles. The molecule has 1 rings (SSSR count). The van der Waals surface area contributed by atoms with Gasteiger partial charge in [-0.3, -0.25) is 9.59 Å². The fraction of sp³-hybridized carbons (Fsp3) is 0.917. The van der Waals surface area contributed by atoms with Gasteiger partial charge in [0, 0.05) is 13.6 Å². The third-order valence-electron chi connectivity index (χ3n) is 12.3. The molecule has 0 radical (unpaired) electrons. The Bertz CT molecular complexity index is 970. The van der Waals surface area contributed by atoms with E-state index in [4.69, 9.17) is 0 Å². The molecule has 0 aliphatic heterocycles. The Hall–Kier alpha value is -1.36. The maximum atomic E-state index is 12.0. The molecule has 1 atom stereocenters. The van der Waals surface area contributed by atoms with Gasteiger partial charge in [-0.1, -0.05) is 220 Å². The van der Waals surface area contributed by atoms with Gasteiger partial charge in [0.05, 0.1) is 0 Å². The van der Waals surface area contributed by atoms with Gasteiger partial charge in [0.1, 0.15) is 11.4 Å². The fourth-order valence-corrected chi connectivity index (χ4v) is 8.52. The second-order valence-corrected chi connectivity index (χ2v) is 17.0. The van der Waals surface area contributed by atoms with Crippen LogP contribution in [-0.2, 0) is 0 Å². The van der Waals surface area contributed by atoms with Crippen LogP contribution in [-0.4, -0.2) is 38.1 Å². The summed E-state index contributed by atoms with van der Waals surface area (Å²) in [7, 11) is 1.71. The lowest BCUT2D eigenvalue weighted by Gasteiger charge is -2.23. The van der Waals surface area contributed by atoms with Crippen LogP contribution < -0.4 is 21.5 Å². The Morgan fingerprint density at radius 1 is 0.415 bits per heavy atom. The molecular formula is C48H93N3O2. The summed E-state index contributed by atoms with van der Waals surface area (Å²) in [5.74, 6) is 1.88. The predicted molar refractivity (Wildman–Crippen MR) is 238 cm³/mol. The predicted octanol–water partition coefficient (Wildman–Crippen LogP) is 14.2. The van der Waals surface area contributed by atoms with Crippen molar-refractivity contribution < 1.29 is 0 Å². The zero-order chi connectivity index (χ0) is 38.6. The third-order valence-corrected chi connectivity index (χ3v) is 12.3. The maximum absolute atomic E-state index is 12.0. The summed E-state index contributed by atoms with van der Waals surface area (Å²) in [6, 6.07) is 0. The van der Waals surface area contributed by atoms with Crippen molar-refractivity contribution in [1.29, 1.82) is 0 Å². The minimum absolute atomic E-state index is 0.371. The highest BCUT2D eigenvalue weighted by molar-refractivity contribution is 5.73. The highest BCUT2D eigenvalue weighted by Crippen LogP contribution is 2.25. The van der Waals surface area contributed by atoms with Gasteiger partial charge in [-0.15, -0.1) is 0 Å². The first-order valence-electron chi connectivity index (χ1n) is 24.0. The molecule has 1 aromatic rings. The molecule has 0 aliphatic carbocycles. The van der Waals surface area contributed by atoms with Crippen LogP contribution in [0.4, 0.5) is 11.4 Å². The quantitative estimate of drug-likeness (QED) is 0.0516. The Kier molecular flexibility index (Phi) is 34.0. The van der Waals surface area contributed by atoms with Crippen LogP contribution in [0.25, 0.3) is 0 Å². The zero-order valence-electron chi connectivity index (χ0n) is 36.6. The first kappa shape index (κ1) is 49.7. The van der Waals surface area contributed by atoms with E-state index in [2.05, 4.69) is 43.2 Å². The number of nitrogens with one attached hydrogen (secondary N) is 2. The van der Waals surface area contributed by atoms with E-state index in [-0.39, 0.29) is 10.9 Å². The molecule has 0 fully saturated rings. The minimum Gasteiger partial charge on any atom is -0.383 e. The van der Waals surface area contributed by atoms with Crippen LogP contribution in [0.3, 0.4) is 0 Å². The third kappa shape index (κ3) is 26.2. The van der Waals surface area contributed by atoms with Crippen molar-refractivity contribution in [2.75, 3.05) is 43.9 Å². The summed E-state index contributed by atoms with van der Waals surface area (Å²) in [6.45, 7) is 13.5. The van der Waals surface area contributed by atoms with Crippen LogP contribution in [0.5, 0.6) is 0 Å². The minimum atomic E-state index is -0.389. The van der Waals surface area contributed by atoms with E-state index >= 15 is 0 Å². The molecule has 5 nitrogen and oxygen atoms in total. The average Bonchev–Trinajstić information content (AvgIpc) is 3.17. The molecule has 0 spiro atoms. The average molecular weight is 744 g/mol. The molecule has 1 unspecified atom stereocenters. The first-order chi connectivity index (χ1) is 26.0. The molecule has 0 heterocycles. The lowest BCUT2D eigenvalue weighted by molar-refractivity contribution is 0.257. The first-order valence-corrected chi connectivity index (χ1v) is 24.0. The van der Waals surface area contributed by atoms with E-state index < -0.39 is 0 Å². The molecule has 1 aromatic carbocycles. The molecule has 312 valence electrons. The largest absolute Gasteiger partial charge is 0.383 e. The molecular weight excluding hydrogens is 651 g/mol. The second kappa shape index (κ2) is 36.3. The van der Waals surface area contributed by atoms with E-state index in [1.165, 1.54) is 219 Å². The zero-order valence-corrected chi connectivity index (χ0v) is 36.6. The summed E-state index contributed by atoms with van der Waals surface area (Å²) >= 11 is 0. The maximum Gasteiger partial charge on any atom is 0.253 e. The van der Waals surface area contributed by atoms with Crippen molar-refractivity contribution in [3.05, 3.63) is 20.4 Å². The van der Waals surface area contributed by atoms with Crippen molar-refractivity contribution in [3.8, 4) is 0 Å². The fourth-order valence-electron chi connectivity index (χ4n) is 8.52. The molecule has 0 aliphatic rings. The highest BCUT2D eigenvalue weighted by Gasteiger charge is 2.19. The molecule has 2 N–H and O–H groups in total. The topological polar surface area (TPSA) is 61.4 Å². The van der Waals surface area contributed by atoms with E-state index in [1.54, 1.807) is 7.05 Å². The monoisotopic (exact) mass is 744 g/mol. The molecule has 0 bridgehead atoms. The van der Waals surface area contributed by atoms with E-state index in [1.807, 2.05) is 0 Å². The summed E-state index contributed by atoms with van der Waals surface area (Å²) < 4.78 is 0. The lowest BCUT2D eigenvalue weighted by atomic mass is 9.89. The smallest absolute Gasteiger partial charge is 0.253 e. The Morgan fingerprint density at radius 2 is 0.755 bits per heavy atom. The molecule has 0 saturated carbocycles. The number of hydrogen-bond acceptors (Lipinski definition) is 5. The van der Waals surface area contributed by atoms with Gasteiger partial charge >= 0.3 is 0 Å². The van der Waals surface area contributed by atoms with Gasteiger partial charge in [-0.2, -0.15) is 0 Å². The SMILES string of the molecule is CCCCCCCCC(CC)CCCCCN(CCCCCCCC(CCCCCCCC)CCCCCCCC)CCCNc1c(NC)c(=O)c1=O. The Morgan fingerprint density at radius 3 is 1.17 bits per heavy atom. The Balaban J connectivity index is 2.42. The van der Waals surface area contributed by atoms with Gasteiger partial charge in [-0.05, 0) is 50.7 Å². The van der Waals surface area contributed by atoms with Gasteiger partial charge in [0.2, 0.25) is 0 Å². The second-order valence-electron chi connectivity index (χ2n) is 17.0. The molecule has 0 aromatic heterocycles. The van der Waals surface area contributed by atoms with E-state index in [0.717, 1.165) is 31.3 Å². The lowest BCUT2D eigenvalue weighted by Crippen LogP contribution is -2.37. The van der Waals surface area contributed by atoms with Crippen molar-refractivity contribution in [1.82, 2.24) is 4.90 Å². The molecule has 5 heteroatoms. The number of unbranched alkanes of at least 4 members (excludes halogenated alkanes) is 21. The van der Waals surface area contributed by atoms with Gasteiger partial charge in [0.15, 0.2) is 0 Å². The standard InChI is InChI=1S/C48H93N3O2/c1-6-10-13-16-20-26-34-43(9-4)35-30-25-32-41-51(42-33-39-50-46-45(49-5)47(52)48(46)53)40-31-24-19-23-29-38-44(36-27-21-17-14-11-7-2)37-28-22-18-15-12-8-3/h43-44,49-50H,6-42H2,1-5H3. The van der Waals surface area contributed by atoms with E-state index in [0.29, 0.717) is 11.4 Å².